The van der Waals surface area contributed by atoms with E-state index in [-0.39, 0.29) is 23.7 Å². The maximum absolute atomic E-state index is 2.51. The second kappa shape index (κ2) is 22.1. The molecule has 0 atom stereocenters. The molecule has 4 heterocycles. The Morgan fingerprint density at radius 3 is 0.942 bits per heavy atom. The van der Waals surface area contributed by atoms with Gasteiger partial charge in [-0.2, -0.15) is 0 Å². The highest BCUT2D eigenvalue weighted by atomic mass is 15.0. The van der Waals surface area contributed by atoms with E-state index in [1.807, 2.05) is 0 Å². The summed E-state index contributed by atoms with van der Waals surface area (Å²) in [4.78, 5) is 0. The quantitative estimate of drug-likeness (QED) is 0.158. The molecule has 0 saturated heterocycles. The van der Waals surface area contributed by atoms with Crippen molar-refractivity contribution >= 4 is 87.2 Å². The van der Waals surface area contributed by atoms with Crippen molar-refractivity contribution in [3.05, 3.63) is 431 Å². The number of nitrogens with zero attached hydrogens (tertiary/aromatic N) is 4. The highest BCUT2D eigenvalue weighted by molar-refractivity contribution is 6.16. The van der Waals surface area contributed by atoms with Gasteiger partial charge in [0.15, 0.2) is 0 Å². The molecule has 0 unspecified atom stereocenters. The molecule has 0 radical (unpaired) electrons. The highest BCUT2D eigenvalue weighted by Crippen LogP contribution is 2.60. The SMILES string of the molecule is c1ccc(-c2ccc(-n3c4ccccc4c4cc(-n5c6ccccc6c6c7c(ccc65)C5c6ccccc6C7c6ccccc65)ccc43)cc2)cc1.c1ccc(-c2ccccc2-n2c3ccccc3c3cc(-n4c5ccccc5c5c6c(ccc54)C4c5ccccc5C6c5ccccc54)ccc32)cc1. The molecule has 0 N–H and O–H groups in total. The molecule has 6 aliphatic carbocycles. The Balaban J connectivity index is 0.000000127. The van der Waals surface area contributed by atoms with Gasteiger partial charge in [-0.25, -0.2) is 0 Å². The van der Waals surface area contributed by atoms with Gasteiger partial charge in [-0.3, -0.25) is 0 Å². The van der Waals surface area contributed by atoms with E-state index < -0.39 is 0 Å². The second-order valence-corrected chi connectivity index (χ2v) is 28.8. The van der Waals surface area contributed by atoms with Crippen LogP contribution in [0.25, 0.3) is 132 Å². The molecule has 16 aromatic carbocycles. The number of fused-ring (bicyclic) bond motifs is 12. The van der Waals surface area contributed by atoms with Gasteiger partial charge in [0.1, 0.15) is 0 Å². The van der Waals surface area contributed by atoms with Crippen LogP contribution in [0.3, 0.4) is 0 Å². The van der Waals surface area contributed by atoms with Crippen LogP contribution in [0, 0.1) is 0 Å². The van der Waals surface area contributed by atoms with Gasteiger partial charge in [-0.05, 0) is 174 Å². The van der Waals surface area contributed by atoms with E-state index in [9.17, 15) is 0 Å². The third-order valence-electron chi connectivity index (χ3n) is 23.8. The van der Waals surface area contributed by atoms with Crippen LogP contribution in [0.5, 0.6) is 0 Å². The average Bonchev–Trinajstić information content (AvgIpc) is 1.25. The van der Waals surface area contributed by atoms with Crippen LogP contribution < -0.4 is 0 Å². The molecule has 26 rings (SSSR count). The summed E-state index contributed by atoms with van der Waals surface area (Å²) in [6.45, 7) is 0. The summed E-state index contributed by atoms with van der Waals surface area (Å²) < 4.78 is 9.88. The van der Waals surface area contributed by atoms with E-state index in [0.29, 0.717) is 0 Å². The normalized spacial score (nSPS) is 15.7. The summed E-state index contributed by atoms with van der Waals surface area (Å²) in [5, 5.41) is 10.4. The molecule has 484 valence electrons. The average molecular weight is 1320 g/mol. The summed E-state index contributed by atoms with van der Waals surface area (Å²) in [5.41, 5.74) is 37.0. The number of aromatic nitrogens is 4. The summed E-state index contributed by atoms with van der Waals surface area (Å²) in [5.74, 6) is 0.924. The van der Waals surface area contributed by atoms with Crippen molar-refractivity contribution in [3.63, 3.8) is 0 Å². The first kappa shape index (κ1) is 57.5. The lowest BCUT2D eigenvalue weighted by Gasteiger charge is -2.42. The first-order chi connectivity index (χ1) is 51.7. The zero-order valence-corrected chi connectivity index (χ0v) is 56.7. The van der Waals surface area contributed by atoms with Crippen LogP contribution in [0.2, 0.25) is 0 Å². The van der Waals surface area contributed by atoms with E-state index in [0.717, 1.165) is 5.69 Å². The molecule has 4 heteroatoms. The van der Waals surface area contributed by atoms with Crippen molar-refractivity contribution in [2.45, 2.75) is 23.7 Å². The van der Waals surface area contributed by atoms with Gasteiger partial charge in [0.25, 0.3) is 0 Å². The first-order valence-electron chi connectivity index (χ1n) is 36.5. The standard InChI is InChI=1S/2C50H32N2/c1-2-14-31(15-3-1)33-16-8-11-23-42(33)52-43-24-12-9-17-34(43)41-30-32(26-28-45(41)52)51-44-25-13-10-22-39(44)49-46(51)29-27-40-47-35-18-4-6-20-37(35)48(50(40)49)38-21-7-5-19-36(38)47;1-2-12-31(13-3-1)32-22-24-33(25-23-32)51-43-20-10-8-14-35(43)42-30-34(26-28-45(42)51)52-44-21-11-9-19-40(44)49-46(52)29-27-41-47-36-15-4-6-17-38(36)48(50(41)49)39-18-7-5-16-37(39)47/h2*1-30,47-48H. The predicted octanol–water partition coefficient (Wildman–Crippen LogP) is 25.1. The second-order valence-electron chi connectivity index (χ2n) is 28.8. The van der Waals surface area contributed by atoms with Crippen LogP contribution in [-0.2, 0) is 0 Å². The lowest BCUT2D eigenvalue weighted by molar-refractivity contribution is 0.761. The molecule has 0 amide bonds. The van der Waals surface area contributed by atoms with Crippen molar-refractivity contribution in [2.24, 2.45) is 0 Å². The number of benzene rings is 16. The van der Waals surface area contributed by atoms with Gasteiger partial charge in [0, 0.05) is 89.4 Å². The first-order valence-corrected chi connectivity index (χ1v) is 36.5. The number of hydrogen-bond acceptors (Lipinski definition) is 0. The Bertz CT molecular complexity index is 6900. The van der Waals surface area contributed by atoms with Crippen LogP contribution >= 0.6 is 0 Å². The molecular weight excluding hydrogens is 1260 g/mol. The molecule has 6 aliphatic rings. The molecule has 0 spiro atoms. The Kier molecular flexibility index (Phi) is 12.2. The van der Waals surface area contributed by atoms with Crippen molar-refractivity contribution in [2.75, 3.05) is 0 Å². The summed E-state index contributed by atoms with van der Waals surface area (Å²) in [6.07, 6.45) is 0. The molecule has 104 heavy (non-hydrogen) atoms. The van der Waals surface area contributed by atoms with Gasteiger partial charge in [-0.1, -0.05) is 273 Å². The van der Waals surface area contributed by atoms with E-state index in [1.54, 1.807) is 0 Å². The maximum Gasteiger partial charge on any atom is 0.0544 e. The van der Waals surface area contributed by atoms with Gasteiger partial charge < -0.3 is 18.3 Å². The molecule has 4 aromatic heterocycles. The van der Waals surface area contributed by atoms with Gasteiger partial charge >= 0.3 is 0 Å². The van der Waals surface area contributed by atoms with Gasteiger partial charge in [0.2, 0.25) is 0 Å². The molecule has 20 aromatic rings. The summed E-state index contributed by atoms with van der Waals surface area (Å²) in [6, 6.07) is 135. The molecular formula is C100H64N4. The summed E-state index contributed by atoms with van der Waals surface area (Å²) >= 11 is 0. The van der Waals surface area contributed by atoms with Crippen molar-refractivity contribution in [1.29, 1.82) is 0 Å². The molecule has 0 saturated carbocycles. The zero-order valence-electron chi connectivity index (χ0n) is 56.7. The van der Waals surface area contributed by atoms with E-state index in [2.05, 4.69) is 382 Å². The van der Waals surface area contributed by atoms with E-state index >= 15 is 0 Å². The minimum atomic E-state index is 0.209. The smallest absolute Gasteiger partial charge is 0.0544 e. The Morgan fingerprint density at radius 2 is 0.481 bits per heavy atom. The lowest BCUT2D eigenvalue weighted by atomic mass is 9.60. The molecule has 4 bridgehead atoms. The van der Waals surface area contributed by atoms with Crippen LogP contribution in [0.1, 0.15) is 90.4 Å². The zero-order chi connectivity index (χ0) is 67.8. The third kappa shape index (κ3) is 8.02. The largest absolute Gasteiger partial charge is 0.309 e. The van der Waals surface area contributed by atoms with Gasteiger partial charge in [-0.15, -0.1) is 0 Å². The van der Waals surface area contributed by atoms with E-state index in [1.165, 1.54) is 193 Å². The van der Waals surface area contributed by atoms with E-state index in [4.69, 9.17) is 0 Å². The van der Waals surface area contributed by atoms with Gasteiger partial charge in [0.05, 0.1) is 49.8 Å². The minimum absolute atomic E-state index is 0.209. The van der Waals surface area contributed by atoms with Crippen LogP contribution in [0.15, 0.2) is 364 Å². The van der Waals surface area contributed by atoms with Crippen molar-refractivity contribution in [1.82, 2.24) is 18.3 Å². The van der Waals surface area contributed by atoms with Crippen LogP contribution in [0.4, 0.5) is 0 Å². The molecule has 0 fully saturated rings. The fraction of sp³-hybridized carbons (Fsp3) is 0.0400. The van der Waals surface area contributed by atoms with Crippen molar-refractivity contribution in [3.8, 4) is 45.0 Å². The molecule has 0 aliphatic heterocycles. The number of hydrogen-bond donors (Lipinski definition) is 0. The summed E-state index contributed by atoms with van der Waals surface area (Å²) in [7, 11) is 0. The lowest BCUT2D eigenvalue weighted by Crippen LogP contribution is -2.27. The Hall–Kier alpha value is -13.3. The molecule has 4 nitrogen and oxygen atoms in total. The number of rotatable bonds is 6. The number of para-hydroxylation sites is 5. The maximum atomic E-state index is 2.51. The fourth-order valence-corrected chi connectivity index (χ4v) is 19.7. The third-order valence-corrected chi connectivity index (χ3v) is 23.8. The van der Waals surface area contributed by atoms with Crippen LogP contribution in [-0.4, -0.2) is 18.3 Å². The predicted molar refractivity (Wildman–Crippen MR) is 431 cm³/mol. The topological polar surface area (TPSA) is 19.7 Å². The fourth-order valence-electron chi connectivity index (χ4n) is 19.7. The Labute approximate surface area is 601 Å². The van der Waals surface area contributed by atoms with Crippen molar-refractivity contribution < 1.29 is 0 Å². The monoisotopic (exact) mass is 1320 g/mol. The Morgan fingerprint density at radius 1 is 0.173 bits per heavy atom. The minimum Gasteiger partial charge on any atom is -0.309 e. The highest BCUT2D eigenvalue weighted by Gasteiger charge is 2.44.